The number of aryl methyl sites for hydroxylation is 1. The molecule has 6 nitrogen and oxygen atoms in total. The maximum Gasteiger partial charge on any atom is 0.338 e. The fraction of sp³-hybridized carbons (Fsp3) is 0.312. The standard InChI is InChI=1S/C16H19N3O3/c1-4-12-9-14(20)19-16(17-12)18-13-7-5-11(6-8-13)15(21)22-10(2)3/h5-10H,4H2,1-3H3,(H2,17,18,19,20). The number of carbonyl (C=O) groups excluding carboxylic acids is 1. The van der Waals surface area contributed by atoms with Crippen molar-refractivity contribution in [2.75, 3.05) is 5.32 Å². The highest BCUT2D eigenvalue weighted by molar-refractivity contribution is 5.90. The van der Waals surface area contributed by atoms with E-state index in [1.807, 2.05) is 6.92 Å². The van der Waals surface area contributed by atoms with Crippen molar-refractivity contribution in [1.82, 2.24) is 9.97 Å². The highest BCUT2D eigenvalue weighted by Gasteiger charge is 2.09. The van der Waals surface area contributed by atoms with Crippen LogP contribution in [-0.2, 0) is 11.2 Å². The Kier molecular flexibility index (Phi) is 4.93. The van der Waals surface area contributed by atoms with Crippen LogP contribution in [0.2, 0.25) is 0 Å². The molecule has 1 heterocycles. The number of ether oxygens (including phenoxy) is 1. The summed E-state index contributed by atoms with van der Waals surface area (Å²) in [6.45, 7) is 5.54. The molecular formula is C16H19N3O3. The minimum absolute atomic E-state index is 0.156. The second-order valence-corrected chi connectivity index (χ2v) is 5.10. The lowest BCUT2D eigenvalue weighted by atomic mass is 10.2. The van der Waals surface area contributed by atoms with Crippen LogP contribution in [0.25, 0.3) is 0 Å². The van der Waals surface area contributed by atoms with Crippen LogP contribution in [-0.4, -0.2) is 22.0 Å². The zero-order chi connectivity index (χ0) is 16.1. The van der Waals surface area contributed by atoms with Crippen molar-refractivity contribution in [3.8, 4) is 0 Å². The molecule has 6 heteroatoms. The average Bonchev–Trinajstić information content (AvgIpc) is 2.46. The van der Waals surface area contributed by atoms with E-state index < -0.39 is 0 Å². The molecule has 0 saturated carbocycles. The predicted octanol–water partition coefficient (Wildman–Crippen LogP) is 2.64. The molecule has 0 aliphatic carbocycles. The number of nitrogens with one attached hydrogen (secondary N) is 2. The van der Waals surface area contributed by atoms with E-state index in [0.29, 0.717) is 23.6 Å². The van der Waals surface area contributed by atoms with Crippen LogP contribution in [0.5, 0.6) is 0 Å². The van der Waals surface area contributed by atoms with E-state index in [2.05, 4.69) is 15.3 Å². The fourth-order valence-electron chi connectivity index (χ4n) is 1.86. The number of H-pyrrole nitrogens is 1. The Bertz CT molecular complexity index is 705. The fourth-order valence-corrected chi connectivity index (χ4v) is 1.86. The van der Waals surface area contributed by atoms with E-state index in [0.717, 1.165) is 5.69 Å². The van der Waals surface area contributed by atoms with Crippen LogP contribution in [0.1, 0.15) is 36.8 Å². The number of carbonyl (C=O) groups is 1. The lowest BCUT2D eigenvalue weighted by Crippen LogP contribution is -2.12. The molecule has 2 rings (SSSR count). The first kappa shape index (κ1) is 15.8. The van der Waals surface area contributed by atoms with Gasteiger partial charge >= 0.3 is 5.97 Å². The molecule has 116 valence electrons. The van der Waals surface area contributed by atoms with Crippen molar-refractivity contribution in [3.05, 3.63) is 51.9 Å². The largest absolute Gasteiger partial charge is 0.459 e. The first-order chi connectivity index (χ1) is 10.5. The first-order valence-corrected chi connectivity index (χ1v) is 7.16. The van der Waals surface area contributed by atoms with Crippen molar-refractivity contribution < 1.29 is 9.53 Å². The SMILES string of the molecule is CCc1cc(=O)[nH]c(Nc2ccc(C(=O)OC(C)C)cc2)n1. The van der Waals surface area contributed by atoms with Crippen LogP contribution in [0, 0.1) is 0 Å². The van der Waals surface area contributed by atoms with Gasteiger partial charge in [0.15, 0.2) is 0 Å². The van der Waals surface area contributed by atoms with Crippen LogP contribution >= 0.6 is 0 Å². The molecule has 0 unspecified atom stereocenters. The summed E-state index contributed by atoms with van der Waals surface area (Å²) >= 11 is 0. The molecule has 0 fully saturated rings. The van der Waals surface area contributed by atoms with Gasteiger partial charge in [-0.3, -0.25) is 9.78 Å². The maximum atomic E-state index is 11.8. The molecule has 2 aromatic rings. The third-order valence-corrected chi connectivity index (χ3v) is 2.88. The smallest absolute Gasteiger partial charge is 0.338 e. The number of aromatic amines is 1. The van der Waals surface area contributed by atoms with E-state index in [1.165, 1.54) is 6.07 Å². The third kappa shape index (κ3) is 4.18. The summed E-state index contributed by atoms with van der Waals surface area (Å²) in [4.78, 5) is 30.2. The van der Waals surface area contributed by atoms with Gasteiger partial charge in [0.1, 0.15) is 0 Å². The van der Waals surface area contributed by atoms with Crippen molar-refractivity contribution in [2.45, 2.75) is 33.3 Å². The Morgan fingerprint density at radius 1 is 1.32 bits per heavy atom. The van der Waals surface area contributed by atoms with Gasteiger partial charge in [0.05, 0.1) is 11.7 Å². The van der Waals surface area contributed by atoms with Crippen LogP contribution in [0.15, 0.2) is 35.1 Å². The van der Waals surface area contributed by atoms with Crippen molar-refractivity contribution in [1.29, 1.82) is 0 Å². The summed E-state index contributed by atoms with van der Waals surface area (Å²) in [6, 6.07) is 8.25. The second-order valence-electron chi connectivity index (χ2n) is 5.10. The van der Waals surface area contributed by atoms with Gasteiger partial charge in [0, 0.05) is 17.4 Å². The highest BCUT2D eigenvalue weighted by Crippen LogP contribution is 2.14. The molecule has 0 aliphatic heterocycles. The second kappa shape index (κ2) is 6.89. The normalized spacial score (nSPS) is 10.5. The van der Waals surface area contributed by atoms with Crippen molar-refractivity contribution >= 4 is 17.6 Å². The molecule has 0 amide bonds. The van der Waals surface area contributed by atoms with Gasteiger partial charge in [-0.1, -0.05) is 6.92 Å². The number of hydrogen-bond donors (Lipinski definition) is 2. The molecule has 0 bridgehead atoms. The monoisotopic (exact) mass is 301 g/mol. The molecule has 0 radical (unpaired) electrons. The summed E-state index contributed by atoms with van der Waals surface area (Å²) in [5.74, 6) is 0.0166. The molecule has 0 saturated heterocycles. The van der Waals surface area contributed by atoms with Crippen molar-refractivity contribution in [2.24, 2.45) is 0 Å². The zero-order valence-corrected chi connectivity index (χ0v) is 12.8. The molecule has 1 aromatic heterocycles. The van der Waals surface area contributed by atoms with Gasteiger partial charge in [0.25, 0.3) is 5.56 Å². The van der Waals surface area contributed by atoms with Gasteiger partial charge in [-0.05, 0) is 44.5 Å². The third-order valence-electron chi connectivity index (χ3n) is 2.88. The number of anilines is 2. The Labute approximate surface area is 128 Å². The lowest BCUT2D eigenvalue weighted by molar-refractivity contribution is 0.0378. The quantitative estimate of drug-likeness (QED) is 0.829. The minimum Gasteiger partial charge on any atom is -0.459 e. The molecule has 0 atom stereocenters. The number of rotatable bonds is 5. The maximum absolute atomic E-state index is 11.8. The molecule has 0 aliphatic rings. The molecule has 1 aromatic carbocycles. The van der Waals surface area contributed by atoms with Gasteiger partial charge in [-0.25, -0.2) is 9.78 Å². The lowest BCUT2D eigenvalue weighted by Gasteiger charge is -2.09. The van der Waals surface area contributed by atoms with Gasteiger partial charge in [-0.2, -0.15) is 0 Å². The van der Waals surface area contributed by atoms with Gasteiger partial charge in [-0.15, -0.1) is 0 Å². The van der Waals surface area contributed by atoms with E-state index in [-0.39, 0.29) is 17.6 Å². The molecule has 22 heavy (non-hydrogen) atoms. The van der Waals surface area contributed by atoms with Crippen LogP contribution < -0.4 is 10.9 Å². The Balaban J connectivity index is 2.13. The first-order valence-electron chi connectivity index (χ1n) is 7.16. The topological polar surface area (TPSA) is 84.1 Å². The van der Waals surface area contributed by atoms with E-state index in [4.69, 9.17) is 4.74 Å². The summed E-state index contributed by atoms with van der Waals surface area (Å²) in [5, 5.41) is 3.01. The van der Waals surface area contributed by atoms with E-state index in [9.17, 15) is 9.59 Å². The number of benzene rings is 1. The molecule has 0 spiro atoms. The highest BCUT2D eigenvalue weighted by atomic mass is 16.5. The molecule has 2 N–H and O–H groups in total. The number of nitrogens with zero attached hydrogens (tertiary/aromatic N) is 1. The Morgan fingerprint density at radius 2 is 2.00 bits per heavy atom. The number of esters is 1. The van der Waals surface area contributed by atoms with E-state index in [1.54, 1.807) is 38.1 Å². The van der Waals surface area contributed by atoms with E-state index >= 15 is 0 Å². The summed E-state index contributed by atoms with van der Waals surface area (Å²) < 4.78 is 5.12. The van der Waals surface area contributed by atoms with Crippen LogP contribution in [0.4, 0.5) is 11.6 Å². The number of aromatic nitrogens is 2. The Hall–Kier alpha value is -2.63. The Morgan fingerprint density at radius 3 is 2.59 bits per heavy atom. The zero-order valence-electron chi connectivity index (χ0n) is 12.8. The van der Waals surface area contributed by atoms with Gasteiger partial charge in [0.2, 0.25) is 5.95 Å². The van der Waals surface area contributed by atoms with Crippen molar-refractivity contribution in [3.63, 3.8) is 0 Å². The average molecular weight is 301 g/mol. The molecular weight excluding hydrogens is 282 g/mol. The summed E-state index contributed by atoms with van der Waals surface area (Å²) in [5.41, 5.74) is 1.70. The predicted molar refractivity (Wildman–Crippen MR) is 84.5 cm³/mol. The minimum atomic E-state index is -0.360. The summed E-state index contributed by atoms with van der Waals surface area (Å²) in [6.07, 6.45) is 0.523. The van der Waals surface area contributed by atoms with Crippen LogP contribution in [0.3, 0.4) is 0 Å². The summed E-state index contributed by atoms with van der Waals surface area (Å²) in [7, 11) is 0. The number of hydrogen-bond acceptors (Lipinski definition) is 5. The van der Waals surface area contributed by atoms with Gasteiger partial charge < -0.3 is 10.1 Å².